The molecule has 2 amide bonds. The minimum Gasteiger partial charge on any atom is -0.341 e. The van der Waals surface area contributed by atoms with Crippen molar-refractivity contribution < 1.29 is 18.5 Å². The summed E-state index contributed by atoms with van der Waals surface area (Å²) in [4.78, 5) is 30.8. The molecule has 28 heavy (non-hydrogen) atoms. The highest BCUT2D eigenvalue weighted by molar-refractivity contribution is 5.94. The Morgan fingerprint density at radius 2 is 1.96 bits per heavy atom. The Balaban J connectivity index is 1.32. The predicted octanol–water partition coefficient (Wildman–Crippen LogP) is 2.32. The molecule has 1 N–H and O–H groups in total. The molecule has 1 saturated carbocycles. The predicted molar refractivity (Wildman–Crippen MR) is 97.9 cm³/mol. The number of carbonyl (C=O) groups excluding carboxylic acids is 2. The van der Waals surface area contributed by atoms with Crippen molar-refractivity contribution in [3.63, 3.8) is 0 Å². The summed E-state index contributed by atoms with van der Waals surface area (Å²) < 4.78 is 18.8. The molecule has 1 aliphatic carbocycles. The first kappa shape index (κ1) is 18.6. The summed E-state index contributed by atoms with van der Waals surface area (Å²) in [5, 5.41) is 6.28. The van der Waals surface area contributed by atoms with E-state index in [1.165, 1.54) is 18.9 Å². The normalized spacial score (nSPS) is 18.7. The SMILES string of the molecule is C[C@H](NC(=O)c1noc(Cc2ccccc2F)n1)C(=O)N1CCC2(CC1)CC2. The van der Waals surface area contributed by atoms with Gasteiger partial charge in [-0.2, -0.15) is 4.98 Å². The van der Waals surface area contributed by atoms with Gasteiger partial charge in [-0.15, -0.1) is 0 Å². The van der Waals surface area contributed by atoms with Gasteiger partial charge in [0.25, 0.3) is 11.7 Å². The van der Waals surface area contributed by atoms with Gasteiger partial charge in [-0.05, 0) is 49.7 Å². The van der Waals surface area contributed by atoms with E-state index < -0.39 is 11.9 Å². The van der Waals surface area contributed by atoms with Crippen molar-refractivity contribution in [3.05, 3.63) is 47.4 Å². The van der Waals surface area contributed by atoms with Gasteiger partial charge in [0, 0.05) is 13.1 Å². The number of amides is 2. The van der Waals surface area contributed by atoms with E-state index in [0.29, 0.717) is 11.0 Å². The van der Waals surface area contributed by atoms with Crippen molar-refractivity contribution in [2.24, 2.45) is 5.41 Å². The van der Waals surface area contributed by atoms with Crippen LogP contribution in [0.2, 0.25) is 0 Å². The Bertz CT molecular complexity index is 883. The number of hydrogen-bond donors (Lipinski definition) is 1. The van der Waals surface area contributed by atoms with Crippen LogP contribution in [0, 0.1) is 11.2 Å². The second-order valence-corrected chi connectivity index (χ2v) is 7.80. The highest BCUT2D eigenvalue weighted by atomic mass is 19.1. The Labute approximate surface area is 162 Å². The van der Waals surface area contributed by atoms with Crippen LogP contribution in [0.4, 0.5) is 4.39 Å². The van der Waals surface area contributed by atoms with E-state index in [4.69, 9.17) is 4.52 Å². The number of nitrogens with one attached hydrogen (secondary N) is 1. The van der Waals surface area contributed by atoms with Crippen molar-refractivity contribution >= 4 is 11.8 Å². The maximum Gasteiger partial charge on any atom is 0.293 e. The van der Waals surface area contributed by atoms with E-state index in [-0.39, 0.29) is 29.9 Å². The fraction of sp³-hybridized carbons (Fsp3) is 0.500. The van der Waals surface area contributed by atoms with Crippen LogP contribution in [0.15, 0.2) is 28.8 Å². The molecule has 4 rings (SSSR count). The lowest BCUT2D eigenvalue weighted by Gasteiger charge is -2.33. The molecule has 2 fully saturated rings. The lowest BCUT2D eigenvalue weighted by atomic mass is 9.93. The number of likely N-dealkylation sites (tertiary alicyclic amines) is 1. The monoisotopic (exact) mass is 386 g/mol. The number of hydrogen-bond acceptors (Lipinski definition) is 5. The van der Waals surface area contributed by atoms with Crippen LogP contribution < -0.4 is 5.32 Å². The maximum absolute atomic E-state index is 13.7. The first-order chi connectivity index (χ1) is 13.5. The lowest BCUT2D eigenvalue weighted by Crippen LogP contribution is -2.49. The molecule has 0 unspecified atom stereocenters. The molecule has 0 radical (unpaired) electrons. The summed E-state index contributed by atoms with van der Waals surface area (Å²) in [6, 6.07) is 5.59. The van der Waals surface area contributed by atoms with Crippen molar-refractivity contribution in [3.8, 4) is 0 Å². The average Bonchev–Trinajstić information content (AvgIpc) is 3.27. The topological polar surface area (TPSA) is 88.3 Å². The van der Waals surface area contributed by atoms with Crippen molar-refractivity contribution in [1.82, 2.24) is 20.4 Å². The van der Waals surface area contributed by atoms with Gasteiger partial charge in [0.15, 0.2) is 0 Å². The summed E-state index contributed by atoms with van der Waals surface area (Å²) in [6.45, 7) is 3.14. The summed E-state index contributed by atoms with van der Waals surface area (Å²) in [6.07, 6.45) is 4.73. The summed E-state index contributed by atoms with van der Waals surface area (Å²) in [5.74, 6) is -1.08. The third-order valence-corrected chi connectivity index (χ3v) is 5.78. The molecule has 0 bridgehead atoms. The lowest BCUT2D eigenvalue weighted by molar-refractivity contribution is -0.134. The molecule has 148 valence electrons. The molecular weight excluding hydrogens is 363 g/mol. The maximum atomic E-state index is 13.7. The smallest absolute Gasteiger partial charge is 0.293 e. The molecule has 2 aliphatic rings. The highest BCUT2D eigenvalue weighted by Crippen LogP contribution is 2.53. The Morgan fingerprint density at radius 3 is 2.64 bits per heavy atom. The molecular formula is C20H23FN4O3. The first-order valence-electron chi connectivity index (χ1n) is 9.61. The van der Waals surface area contributed by atoms with Gasteiger partial charge in [0.2, 0.25) is 11.8 Å². The van der Waals surface area contributed by atoms with Gasteiger partial charge < -0.3 is 14.7 Å². The van der Waals surface area contributed by atoms with Crippen LogP contribution in [0.1, 0.15) is 54.7 Å². The number of piperidine rings is 1. The van der Waals surface area contributed by atoms with E-state index in [0.717, 1.165) is 25.9 Å². The molecule has 7 nitrogen and oxygen atoms in total. The van der Waals surface area contributed by atoms with E-state index in [9.17, 15) is 14.0 Å². The quantitative estimate of drug-likeness (QED) is 0.852. The van der Waals surface area contributed by atoms with Crippen molar-refractivity contribution in [2.75, 3.05) is 13.1 Å². The number of benzene rings is 1. The third kappa shape index (κ3) is 3.90. The van der Waals surface area contributed by atoms with Gasteiger partial charge in [-0.1, -0.05) is 23.4 Å². The molecule has 2 aromatic rings. The summed E-state index contributed by atoms with van der Waals surface area (Å²) in [7, 11) is 0. The zero-order chi connectivity index (χ0) is 19.7. The molecule has 1 aromatic carbocycles. The molecule has 1 saturated heterocycles. The van der Waals surface area contributed by atoms with Crippen molar-refractivity contribution in [2.45, 2.75) is 45.1 Å². The second kappa shape index (κ2) is 7.33. The Hall–Kier alpha value is -2.77. The Morgan fingerprint density at radius 1 is 1.25 bits per heavy atom. The van der Waals surface area contributed by atoms with Crippen LogP contribution in [0.5, 0.6) is 0 Å². The van der Waals surface area contributed by atoms with Crippen molar-refractivity contribution in [1.29, 1.82) is 0 Å². The third-order valence-electron chi connectivity index (χ3n) is 5.78. The number of aromatic nitrogens is 2. The van der Waals surface area contributed by atoms with Crippen LogP contribution in [-0.4, -0.2) is 46.0 Å². The molecule has 1 aliphatic heterocycles. The number of nitrogens with zero attached hydrogens (tertiary/aromatic N) is 3. The molecule has 1 atom stereocenters. The van der Waals surface area contributed by atoms with Crippen LogP contribution in [-0.2, 0) is 11.2 Å². The second-order valence-electron chi connectivity index (χ2n) is 7.80. The molecule has 1 aromatic heterocycles. The fourth-order valence-electron chi connectivity index (χ4n) is 3.70. The first-order valence-corrected chi connectivity index (χ1v) is 9.61. The van der Waals surface area contributed by atoms with Crippen LogP contribution in [0.25, 0.3) is 0 Å². The summed E-state index contributed by atoms with van der Waals surface area (Å²) >= 11 is 0. The number of rotatable bonds is 5. The zero-order valence-corrected chi connectivity index (χ0v) is 15.8. The summed E-state index contributed by atoms with van der Waals surface area (Å²) in [5.41, 5.74) is 0.892. The van der Waals surface area contributed by atoms with E-state index in [1.54, 1.807) is 25.1 Å². The zero-order valence-electron chi connectivity index (χ0n) is 15.8. The average molecular weight is 386 g/mol. The van der Waals surface area contributed by atoms with Gasteiger partial charge in [-0.3, -0.25) is 9.59 Å². The van der Waals surface area contributed by atoms with Gasteiger partial charge in [0.1, 0.15) is 11.9 Å². The van der Waals surface area contributed by atoms with E-state index in [2.05, 4.69) is 15.5 Å². The fourth-order valence-corrected chi connectivity index (χ4v) is 3.70. The van der Waals surface area contributed by atoms with Gasteiger partial charge in [-0.25, -0.2) is 4.39 Å². The molecule has 1 spiro atoms. The number of carbonyl (C=O) groups is 2. The van der Waals surface area contributed by atoms with E-state index in [1.807, 2.05) is 4.90 Å². The van der Waals surface area contributed by atoms with Crippen LogP contribution >= 0.6 is 0 Å². The largest absolute Gasteiger partial charge is 0.341 e. The Kier molecular flexibility index (Phi) is 4.87. The van der Waals surface area contributed by atoms with Gasteiger partial charge >= 0.3 is 0 Å². The highest BCUT2D eigenvalue weighted by Gasteiger charge is 2.45. The van der Waals surface area contributed by atoms with E-state index >= 15 is 0 Å². The standard InChI is InChI=1S/C20H23FN4O3/c1-13(19(27)25-10-8-20(6-7-20)9-11-25)22-18(26)17-23-16(28-24-17)12-14-4-2-3-5-15(14)21/h2-5,13H,6-12H2,1H3,(H,22,26)/t13-/m0/s1. The van der Waals surface area contributed by atoms with Gasteiger partial charge in [0.05, 0.1) is 6.42 Å². The minimum absolute atomic E-state index is 0.0942. The number of halogens is 1. The van der Waals surface area contributed by atoms with Crippen LogP contribution in [0.3, 0.4) is 0 Å². The minimum atomic E-state index is -0.672. The molecule has 8 heteroatoms. The molecule has 2 heterocycles.